The standard InChI is InChI=1S/C33H28BrFN2O5S/c1-4-16-41-24-13-11-22(12-14-24)30-29(32(39)40-5-2)20(3)36-33-37(30)31(38)28(43-33)18-21-10-15-27(25(34)17-21)42-19-23-8-6-7-9-26(23)35/h4,6-15,17-18,30H,1,5,16,19H2,2-3H3/b28-18-/t30-/m0/s1. The molecule has 2 heterocycles. The first-order chi connectivity index (χ1) is 20.8. The van der Waals surface area contributed by atoms with Crippen LogP contribution in [0.15, 0.2) is 105 Å². The lowest BCUT2D eigenvalue weighted by Crippen LogP contribution is -2.39. The largest absolute Gasteiger partial charge is 0.490 e. The first kappa shape index (κ1) is 30.2. The van der Waals surface area contributed by atoms with Crippen molar-refractivity contribution in [2.24, 2.45) is 4.99 Å². The molecule has 10 heteroatoms. The fraction of sp³-hybridized carbons (Fsp3) is 0.182. The number of rotatable bonds is 10. The van der Waals surface area contributed by atoms with Gasteiger partial charge in [-0.05, 0) is 77.3 Å². The van der Waals surface area contributed by atoms with Crippen molar-refractivity contribution in [3.63, 3.8) is 0 Å². The van der Waals surface area contributed by atoms with Gasteiger partial charge in [0.15, 0.2) is 4.80 Å². The Balaban J connectivity index is 1.51. The van der Waals surface area contributed by atoms with Crippen molar-refractivity contribution in [1.82, 2.24) is 4.57 Å². The van der Waals surface area contributed by atoms with Crippen LogP contribution < -0.4 is 24.4 Å². The van der Waals surface area contributed by atoms with Gasteiger partial charge in [0.1, 0.15) is 30.5 Å². The number of allylic oxidation sites excluding steroid dienone is 1. The molecular formula is C33H28BrFN2O5S. The average Bonchev–Trinajstić information content (AvgIpc) is 3.29. The molecular weight excluding hydrogens is 635 g/mol. The molecule has 5 rings (SSSR count). The number of nitrogens with zero attached hydrogens (tertiary/aromatic N) is 2. The normalized spacial score (nSPS) is 14.6. The molecule has 0 fully saturated rings. The van der Waals surface area contributed by atoms with Crippen LogP contribution in [0.2, 0.25) is 0 Å². The van der Waals surface area contributed by atoms with E-state index in [1.165, 1.54) is 22.0 Å². The van der Waals surface area contributed by atoms with Crippen LogP contribution in [0.4, 0.5) is 4.39 Å². The Labute approximate surface area is 260 Å². The summed E-state index contributed by atoms with van der Waals surface area (Å²) in [6, 6.07) is 18.4. The van der Waals surface area contributed by atoms with Crippen molar-refractivity contribution in [2.75, 3.05) is 13.2 Å². The molecule has 3 aromatic carbocycles. The van der Waals surface area contributed by atoms with Crippen LogP contribution in [-0.2, 0) is 16.1 Å². The molecule has 1 aliphatic heterocycles. The number of benzene rings is 3. The Kier molecular flexibility index (Phi) is 9.37. The SMILES string of the molecule is C=CCOc1ccc([C@H]2C(C(=O)OCC)=C(C)N=c3s/c(=C\c4ccc(OCc5ccccc5F)c(Br)c4)c(=O)n32)cc1. The van der Waals surface area contributed by atoms with Crippen LogP contribution in [0.5, 0.6) is 11.5 Å². The molecule has 4 aromatic rings. The van der Waals surface area contributed by atoms with Gasteiger partial charge in [0, 0.05) is 5.56 Å². The summed E-state index contributed by atoms with van der Waals surface area (Å²) in [5.41, 5.74) is 2.42. The van der Waals surface area contributed by atoms with Crippen molar-refractivity contribution in [2.45, 2.75) is 26.5 Å². The lowest BCUT2D eigenvalue weighted by molar-refractivity contribution is -0.139. The van der Waals surface area contributed by atoms with E-state index in [1.807, 2.05) is 24.3 Å². The summed E-state index contributed by atoms with van der Waals surface area (Å²) in [6.07, 6.45) is 3.42. The fourth-order valence-corrected chi connectivity index (χ4v) is 6.21. The van der Waals surface area contributed by atoms with Crippen LogP contribution >= 0.6 is 27.3 Å². The molecule has 0 N–H and O–H groups in total. The van der Waals surface area contributed by atoms with Crippen molar-refractivity contribution >= 4 is 39.3 Å². The minimum atomic E-state index is -0.730. The molecule has 1 atom stereocenters. The summed E-state index contributed by atoms with van der Waals surface area (Å²) in [6.45, 7) is 7.77. The Bertz CT molecular complexity index is 1900. The Morgan fingerprint density at radius 2 is 1.91 bits per heavy atom. The number of thiazole rings is 1. The summed E-state index contributed by atoms with van der Waals surface area (Å²) in [5.74, 6) is 0.325. The molecule has 0 saturated heterocycles. The van der Waals surface area contributed by atoms with Crippen molar-refractivity contribution in [1.29, 1.82) is 0 Å². The lowest BCUT2D eigenvalue weighted by Gasteiger charge is -2.24. The summed E-state index contributed by atoms with van der Waals surface area (Å²) >= 11 is 4.76. The first-order valence-electron chi connectivity index (χ1n) is 13.5. The third-order valence-corrected chi connectivity index (χ3v) is 8.28. The van der Waals surface area contributed by atoms with Crippen molar-refractivity contribution in [3.8, 4) is 11.5 Å². The topological polar surface area (TPSA) is 79.1 Å². The van der Waals surface area contributed by atoms with Crippen LogP contribution in [0, 0.1) is 5.82 Å². The van der Waals surface area contributed by atoms with Gasteiger partial charge in [-0.1, -0.05) is 60.4 Å². The highest BCUT2D eigenvalue weighted by atomic mass is 79.9. The van der Waals surface area contributed by atoms with Crippen LogP contribution in [-0.4, -0.2) is 23.8 Å². The number of halogens is 2. The van der Waals surface area contributed by atoms with E-state index < -0.39 is 12.0 Å². The maximum atomic E-state index is 14.0. The van der Waals surface area contributed by atoms with Gasteiger partial charge in [0.25, 0.3) is 5.56 Å². The summed E-state index contributed by atoms with van der Waals surface area (Å²) in [4.78, 5) is 32.1. The van der Waals surface area contributed by atoms with E-state index in [0.717, 1.165) is 11.1 Å². The van der Waals surface area contributed by atoms with E-state index in [1.54, 1.807) is 62.4 Å². The third-order valence-electron chi connectivity index (χ3n) is 6.68. The second-order valence-corrected chi connectivity index (χ2v) is 11.4. The average molecular weight is 664 g/mol. The highest BCUT2D eigenvalue weighted by Crippen LogP contribution is 2.32. The number of carbonyl (C=O) groups excluding carboxylic acids is 1. The molecule has 0 radical (unpaired) electrons. The van der Waals surface area contributed by atoms with E-state index in [9.17, 15) is 14.0 Å². The maximum Gasteiger partial charge on any atom is 0.338 e. The van der Waals surface area contributed by atoms with E-state index in [0.29, 0.717) is 48.7 Å². The zero-order chi connectivity index (χ0) is 30.5. The molecule has 0 amide bonds. The monoisotopic (exact) mass is 662 g/mol. The number of hydrogen-bond acceptors (Lipinski definition) is 7. The highest BCUT2D eigenvalue weighted by molar-refractivity contribution is 9.10. The minimum absolute atomic E-state index is 0.0761. The second-order valence-electron chi connectivity index (χ2n) is 9.54. The molecule has 0 aliphatic carbocycles. The third kappa shape index (κ3) is 6.55. The zero-order valence-corrected chi connectivity index (χ0v) is 25.9. The highest BCUT2D eigenvalue weighted by Gasteiger charge is 2.33. The number of esters is 1. The van der Waals surface area contributed by atoms with E-state index in [4.69, 9.17) is 14.2 Å². The molecule has 0 saturated carbocycles. The summed E-state index contributed by atoms with van der Waals surface area (Å²) in [5, 5.41) is 0. The zero-order valence-electron chi connectivity index (χ0n) is 23.5. The Hall–Kier alpha value is -4.28. The van der Waals surface area contributed by atoms with E-state index in [-0.39, 0.29) is 24.6 Å². The molecule has 0 unspecified atom stereocenters. The first-order valence-corrected chi connectivity index (χ1v) is 15.1. The van der Waals surface area contributed by atoms with Crippen molar-refractivity contribution in [3.05, 3.63) is 137 Å². The van der Waals surface area contributed by atoms with Crippen LogP contribution in [0.25, 0.3) is 6.08 Å². The van der Waals surface area contributed by atoms with Gasteiger partial charge >= 0.3 is 5.97 Å². The van der Waals surface area contributed by atoms with Gasteiger partial charge < -0.3 is 14.2 Å². The van der Waals surface area contributed by atoms with Gasteiger partial charge in [-0.15, -0.1) is 0 Å². The maximum absolute atomic E-state index is 14.0. The van der Waals surface area contributed by atoms with E-state index in [2.05, 4.69) is 27.5 Å². The lowest BCUT2D eigenvalue weighted by atomic mass is 9.96. The van der Waals surface area contributed by atoms with Crippen LogP contribution in [0.1, 0.15) is 36.6 Å². The molecule has 1 aromatic heterocycles. The Morgan fingerprint density at radius 1 is 1.14 bits per heavy atom. The minimum Gasteiger partial charge on any atom is -0.490 e. The smallest absolute Gasteiger partial charge is 0.338 e. The quantitative estimate of drug-likeness (QED) is 0.157. The van der Waals surface area contributed by atoms with Crippen molar-refractivity contribution < 1.29 is 23.4 Å². The number of aromatic nitrogens is 1. The molecule has 0 spiro atoms. The number of hydrogen-bond donors (Lipinski definition) is 0. The molecule has 43 heavy (non-hydrogen) atoms. The van der Waals surface area contributed by atoms with Gasteiger partial charge in [-0.3, -0.25) is 9.36 Å². The molecule has 1 aliphatic rings. The Morgan fingerprint density at radius 3 is 2.60 bits per heavy atom. The fourth-order valence-electron chi connectivity index (χ4n) is 4.65. The summed E-state index contributed by atoms with van der Waals surface area (Å²) in [7, 11) is 0. The number of carbonyl (C=O) groups is 1. The number of ether oxygens (including phenoxy) is 3. The van der Waals surface area contributed by atoms with Gasteiger partial charge in [-0.25, -0.2) is 14.2 Å². The van der Waals surface area contributed by atoms with E-state index >= 15 is 0 Å². The molecule has 0 bridgehead atoms. The molecule has 7 nitrogen and oxygen atoms in total. The van der Waals surface area contributed by atoms with Gasteiger partial charge in [-0.2, -0.15) is 0 Å². The molecule has 220 valence electrons. The van der Waals surface area contributed by atoms with Gasteiger partial charge in [0.05, 0.1) is 32.9 Å². The second kappa shape index (κ2) is 13.4. The van der Waals surface area contributed by atoms with Crippen LogP contribution in [0.3, 0.4) is 0 Å². The predicted octanol–water partition coefficient (Wildman–Crippen LogP) is 5.84. The number of fused-ring (bicyclic) bond motifs is 1. The summed E-state index contributed by atoms with van der Waals surface area (Å²) < 4.78 is 33.4. The van der Waals surface area contributed by atoms with Gasteiger partial charge in [0.2, 0.25) is 0 Å². The predicted molar refractivity (Wildman–Crippen MR) is 167 cm³/mol.